The third-order valence-corrected chi connectivity index (χ3v) is 9.03. The van der Waals surface area contributed by atoms with Crippen molar-refractivity contribution in [3.05, 3.63) is 54.1 Å². The summed E-state index contributed by atoms with van der Waals surface area (Å²) in [6, 6.07) is 14.3. The van der Waals surface area contributed by atoms with Crippen LogP contribution in [0.25, 0.3) is 11.3 Å². The van der Waals surface area contributed by atoms with Crippen LogP contribution in [0.1, 0.15) is 19.4 Å². The molecule has 0 spiro atoms. The number of benzene rings is 2. The van der Waals surface area contributed by atoms with Gasteiger partial charge in [-0.3, -0.25) is 4.79 Å². The standard InChI is InChI=1S/C27H31N5O5S/c1-18-15-20-16-22(6-8-25(20)32(18)19(2)33)38(34,35)31-13-11-30(12-14-31)27-10-7-24(28-29-27)23-17-21(36-3)5-9-26(23)37-4/h5-10,16-18H,11-15H2,1-4H3. The van der Waals surface area contributed by atoms with E-state index in [4.69, 9.17) is 9.47 Å². The number of hydrogen-bond acceptors (Lipinski definition) is 8. The van der Waals surface area contributed by atoms with Crippen LogP contribution in [0.3, 0.4) is 0 Å². The lowest BCUT2D eigenvalue weighted by molar-refractivity contribution is -0.116. The van der Waals surface area contributed by atoms with Gasteiger partial charge in [-0.15, -0.1) is 10.2 Å². The third-order valence-electron chi connectivity index (χ3n) is 7.14. The molecule has 38 heavy (non-hydrogen) atoms. The number of rotatable bonds is 6. The van der Waals surface area contributed by atoms with Crippen molar-refractivity contribution in [2.24, 2.45) is 0 Å². The Kier molecular flexibility index (Phi) is 6.97. The molecule has 0 radical (unpaired) electrons. The molecular weight excluding hydrogens is 506 g/mol. The topological polar surface area (TPSA) is 105 Å². The highest BCUT2D eigenvalue weighted by molar-refractivity contribution is 7.89. The predicted molar refractivity (Wildman–Crippen MR) is 144 cm³/mol. The fraction of sp³-hybridized carbons (Fsp3) is 0.370. The number of ether oxygens (including phenoxy) is 2. The molecule has 0 aliphatic carbocycles. The molecule has 0 bridgehead atoms. The highest BCUT2D eigenvalue weighted by Crippen LogP contribution is 2.35. The maximum atomic E-state index is 13.4. The first-order valence-corrected chi connectivity index (χ1v) is 13.9. The summed E-state index contributed by atoms with van der Waals surface area (Å²) in [6.45, 7) is 5.16. The molecule has 1 atom stereocenters. The lowest BCUT2D eigenvalue weighted by atomic mass is 10.1. The number of carbonyl (C=O) groups excluding carboxylic acids is 1. The number of hydrogen-bond donors (Lipinski definition) is 0. The minimum absolute atomic E-state index is 0.0153. The maximum absolute atomic E-state index is 13.4. The van der Waals surface area contributed by atoms with Crippen molar-refractivity contribution < 1.29 is 22.7 Å². The monoisotopic (exact) mass is 537 g/mol. The molecule has 3 heterocycles. The van der Waals surface area contributed by atoms with Gasteiger partial charge in [0.2, 0.25) is 15.9 Å². The Morgan fingerprint density at radius 3 is 2.34 bits per heavy atom. The van der Waals surface area contributed by atoms with Crippen LogP contribution in [-0.4, -0.2) is 75.3 Å². The van der Waals surface area contributed by atoms with Gasteiger partial charge in [0.05, 0.1) is 24.8 Å². The van der Waals surface area contributed by atoms with Gasteiger partial charge in [0.1, 0.15) is 11.5 Å². The Morgan fingerprint density at radius 2 is 1.71 bits per heavy atom. The first-order valence-electron chi connectivity index (χ1n) is 12.5. The molecule has 1 amide bonds. The quantitative estimate of drug-likeness (QED) is 0.473. The van der Waals surface area contributed by atoms with Crippen molar-refractivity contribution in [2.45, 2.75) is 31.2 Å². The lowest BCUT2D eigenvalue weighted by Crippen LogP contribution is -2.49. The zero-order valence-electron chi connectivity index (χ0n) is 21.9. The van der Waals surface area contributed by atoms with Crippen LogP contribution in [0.5, 0.6) is 11.5 Å². The zero-order chi connectivity index (χ0) is 27.0. The molecule has 10 nitrogen and oxygen atoms in total. The third kappa shape index (κ3) is 4.67. The van der Waals surface area contributed by atoms with Gasteiger partial charge in [-0.1, -0.05) is 0 Å². The van der Waals surface area contributed by atoms with E-state index in [2.05, 4.69) is 10.2 Å². The van der Waals surface area contributed by atoms with Crippen LogP contribution in [0.4, 0.5) is 11.5 Å². The van der Waals surface area contributed by atoms with Crippen molar-refractivity contribution in [2.75, 3.05) is 50.2 Å². The molecule has 11 heteroatoms. The Hall–Kier alpha value is -3.70. The van der Waals surface area contributed by atoms with E-state index in [1.165, 1.54) is 11.2 Å². The number of nitrogens with zero attached hydrogens (tertiary/aromatic N) is 5. The number of methoxy groups -OCH3 is 2. The SMILES string of the molecule is COc1ccc(OC)c(-c2ccc(N3CCN(S(=O)(=O)c4ccc5c(c4)CC(C)N5C(C)=O)CC3)nn2)c1. The highest BCUT2D eigenvalue weighted by atomic mass is 32.2. The van der Waals surface area contributed by atoms with Crippen LogP contribution in [0.15, 0.2) is 53.4 Å². The molecule has 200 valence electrons. The second kappa shape index (κ2) is 10.2. The summed E-state index contributed by atoms with van der Waals surface area (Å²) in [5.74, 6) is 2.00. The molecule has 2 aliphatic rings. The molecular formula is C27H31N5O5S. The normalized spacial score (nSPS) is 17.8. The summed E-state index contributed by atoms with van der Waals surface area (Å²) in [7, 11) is -0.454. The van der Waals surface area contributed by atoms with Crippen molar-refractivity contribution >= 4 is 27.4 Å². The Bertz CT molecular complexity index is 1450. The highest BCUT2D eigenvalue weighted by Gasteiger charge is 2.33. The molecule has 3 aromatic rings. The summed E-state index contributed by atoms with van der Waals surface area (Å²) in [6.07, 6.45) is 0.641. The summed E-state index contributed by atoms with van der Waals surface area (Å²) in [5, 5.41) is 8.80. The average Bonchev–Trinajstić information content (AvgIpc) is 3.28. The number of anilines is 2. The molecule has 1 fully saturated rings. The Labute approximate surface area is 222 Å². The van der Waals surface area contributed by atoms with Crippen LogP contribution >= 0.6 is 0 Å². The summed E-state index contributed by atoms with van der Waals surface area (Å²) >= 11 is 0. The van der Waals surface area contributed by atoms with Gasteiger partial charge >= 0.3 is 0 Å². The smallest absolute Gasteiger partial charge is 0.243 e. The summed E-state index contributed by atoms with van der Waals surface area (Å²) in [5.41, 5.74) is 3.11. The van der Waals surface area contributed by atoms with Gasteiger partial charge in [-0.2, -0.15) is 4.31 Å². The van der Waals surface area contributed by atoms with Gasteiger partial charge in [0.25, 0.3) is 0 Å². The van der Waals surface area contributed by atoms with E-state index < -0.39 is 10.0 Å². The van der Waals surface area contributed by atoms with E-state index in [1.54, 1.807) is 37.3 Å². The molecule has 2 aliphatic heterocycles. The number of piperazine rings is 1. The molecule has 1 saturated heterocycles. The van der Waals surface area contributed by atoms with E-state index in [0.717, 1.165) is 16.8 Å². The first kappa shape index (κ1) is 25.9. The zero-order valence-corrected chi connectivity index (χ0v) is 22.7. The van der Waals surface area contributed by atoms with Crippen LogP contribution in [0, 0.1) is 0 Å². The molecule has 0 saturated carbocycles. The fourth-order valence-electron chi connectivity index (χ4n) is 5.21. The van der Waals surface area contributed by atoms with Crippen LogP contribution in [-0.2, 0) is 21.2 Å². The number of amides is 1. The largest absolute Gasteiger partial charge is 0.497 e. The molecule has 1 unspecified atom stereocenters. The van der Waals surface area contributed by atoms with Gasteiger partial charge < -0.3 is 19.3 Å². The second-order valence-electron chi connectivity index (χ2n) is 9.47. The summed E-state index contributed by atoms with van der Waals surface area (Å²) < 4.78 is 39.1. The number of sulfonamides is 1. The molecule has 2 aromatic carbocycles. The number of aromatic nitrogens is 2. The van der Waals surface area contributed by atoms with Gasteiger partial charge in [0, 0.05) is 50.4 Å². The van der Waals surface area contributed by atoms with Gasteiger partial charge in [0.15, 0.2) is 5.82 Å². The van der Waals surface area contributed by atoms with Crippen molar-refractivity contribution in [3.63, 3.8) is 0 Å². The van der Waals surface area contributed by atoms with E-state index in [-0.39, 0.29) is 16.8 Å². The fourth-order valence-corrected chi connectivity index (χ4v) is 6.68. The Balaban J connectivity index is 1.28. The van der Waals surface area contributed by atoms with Crippen LogP contribution < -0.4 is 19.3 Å². The molecule has 0 N–H and O–H groups in total. The summed E-state index contributed by atoms with van der Waals surface area (Å²) in [4.78, 5) is 16.0. The van der Waals surface area contributed by atoms with Crippen molar-refractivity contribution in [1.82, 2.24) is 14.5 Å². The minimum atomic E-state index is -3.66. The van der Waals surface area contributed by atoms with E-state index in [1.807, 2.05) is 42.2 Å². The van der Waals surface area contributed by atoms with Gasteiger partial charge in [-0.25, -0.2) is 8.42 Å². The van der Waals surface area contributed by atoms with Crippen molar-refractivity contribution in [1.29, 1.82) is 0 Å². The average molecular weight is 538 g/mol. The van der Waals surface area contributed by atoms with Gasteiger partial charge in [-0.05, 0) is 67.4 Å². The van der Waals surface area contributed by atoms with E-state index >= 15 is 0 Å². The van der Waals surface area contributed by atoms with Crippen LogP contribution in [0.2, 0.25) is 0 Å². The number of carbonyl (C=O) groups is 1. The van der Waals surface area contributed by atoms with Crippen molar-refractivity contribution in [3.8, 4) is 22.8 Å². The number of fused-ring (bicyclic) bond motifs is 1. The van der Waals surface area contributed by atoms with E-state index in [9.17, 15) is 13.2 Å². The predicted octanol–water partition coefficient (Wildman–Crippen LogP) is 2.97. The second-order valence-corrected chi connectivity index (χ2v) is 11.4. The molecule has 1 aromatic heterocycles. The Morgan fingerprint density at radius 1 is 0.947 bits per heavy atom. The lowest BCUT2D eigenvalue weighted by Gasteiger charge is -2.34. The first-order chi connectivity index (χ1) is 18.2. The van der Waals surface area contributed by atoms with E-state index in [0.29, 0.717) is 55.6 Å². The molecule has 5 rings (SSSR count). The minimum Gasteiger partial charge on any atom is -0.497 e. The maximum Gasteiger partial charge on any atom is 0.243 e.